The lowest BCUT2D eigenvalue weighted by Crippen LogP contribution is -2.15. The van der Waals surface area contributed by atoms with Gasteiger partial charge in [0.1, 0.15) is 11.6 Å². The van der Waals surface area contributed by atoms with Gasteiger partial charge in [-0.25, -0.2) is 8.78 Å². The molecule has 2 aromatic rings. The molecule has 0 spiro atoms. The Morgan fingerprint density at radius 1 is 1.11 bits per heavy atom. The Bertz CT molecular complexity index is 599. The number of hydrogen-bond acceptors (Lipinski definition) is 1. The highest BCUT2D eigenvalue weighted by Gasteiger charge is 2.08. The molecule has 0 heterocycles. The number of anilines is 1. The van der Waals surface area contributed by atoms with E-state index in [2.05, 4.69) is 21.2 Å². The molecule has 0 atom stereocenters. The van der Waals surface area contributed by atoms with Crippen molar-refractivity contribution in [3.05, 3.63) is 64.1 Å². The first-order chi connectivity index (χ1) is 9.04. The molecule has 2 nitrogen and oxygen atoms in total. The topological polar surface area (TPSA) is 29.1 Å². The summed E-state index contributed by atoms with van der Waals surface area (Å²) in [4.78, 5) is 11.7. The van der Waals surface area contributed by atoms with E-state index in [9.17, 15) is 13.6 Å². The van der Waals surface area contributed by atoms with Crippen molar-refractivity contribution in [2.45, 2.75) is 6.42 Å². The molecule has 0 saturated heterocycles. The van der Waals surface area contributed by atoms with E-state index in [4.69, 9.17) is 0 Å². The fraction of sp³-hybridized carbons (Fsp3) is 0.0714. The van der Waals surface area contributed by atoms with Crippen LogP contribution in [0.25, 0.3) is 0 Å². The van der Waals surface area contributed by atoms with Gasteiger partial charge in [-0.3, -0.25) is 4.79 Å². The molecular formula is C14H10BrF2NO. The van der Waals surface area contributed by atoms with Crippen LogP contribution in [0, 0.1) is 11.6 Å². The van der Waals surface area contributed by atoms with Gasteiger partial charge < -0.3 is 5.32 Å². The molecule has 0 aliphatic rings. The van der Waals surface area contributed by atoms with Gasteiger partial charge in [0.15, 0.2) is 0 Å². The van der Waals surface area contributed by atoms with Gasteiger partial charge in [0, 0.05) is 10.5 Å². The monoisotopic (exact) mass is 325 g/mol. The molecule has 0 aromatic heterocycles. The van der Waals surface area contributed by atoms with Crippen LogP contribution in [-0.4, -0.2) is 5.91 Å². The van der Waals surface area contributed by atoms with E-state index < -0.39 is 11.6 Å². The number of carbonyl (C=O) groups is 1. The minimum absolute atomic E-state index is 0.0245. The summed E-state index contributed by atoms with van der Waals surface area (Å²) in [6, 6.07) is 10.3. The Morgan fingerprint density at radius 3 is 2.42 bits per heavy atom. The van der Waals surface area contributed by atoms with Gasteiger partial charge in [-0.2, -0.15) is 0 Å². The maximum Gasteiger partial charge on any atom is 0.228 e. The average Bonchev–Trinajstić information content (AvgIpc) is 2.36. The minimum Gasteiger partial charge on any atom is -0.323 e. The first-order valence-electron chi connectivity index (χ1n) is 5.54. The summed E-state index contributed by atoms with van der Waals surface area (Å²) in [5.74, 6) is -1.82. The van der Waals surface area contributed by atoms with E-state index in [1.54, 1.807) is 12.1 Å². The van der Waals surface area contributed by atoms with E-state index in [0.717, 1.165) is 22.2 Å². The van der Waals surface area contributed by atoms with Crippen molar-refractivity contribution in [1.29, 1.82) is 0 Å². The van der Waals surface area contributed by atoms with Crippen LogP contribution in [-0.2, 0) is 11.2 Å². The second-order valence-corrected chi connectivity index (χ2v) is 4.89. The molecule has 0 unspecified atom stereocenters. The summed E-state index contributed by atoms with van der Waals surface area (Å²) in [5.41, 5.74) is 0.784. The molecular weight excluding hydrogens is 316 g/mol. The molecule has 19 heavy (non-hydrogen) atoms. The molecule has 1 amide bonds. The number of hydrogen-bond donors (Lipinski definition) is 1. The molecule has 2 aromatic carbocycles. The van der Waals surface area contributed by atoms with E-state index in [-0.39, 0.29) is 18.0 Å². The van der Waals surface area contributed by atoms with Crippen LogP contribution in [0.1, 0.15) is 5.56 Å². The summed E-state index contributed by atoms with van der Waals surface area (Å²) < 4.78 is 27.0. The van der Waals surface area contributed by atoms with Gasteiger partial charge in [-0.15, -0.1) is 0 Å². The van der Waals surface area contributed by atoms with Crippen molar-refractivity contribution in [2.24, 2.45) is 0 Å². The van der Waals surface area contributed by atoms with Crippen LogP contribution in [0.4, 0.5) is 14.5 Å². The molecule has 0 saturated carbocycles. The van der Waals surface area contributed by atoms with Crippen molar-refractivity contribution in [3.8, 4) is 0 Å². The Morgan fingerprint density at radius 2 is 1.79 bits per heavy atom. The molecule has 2 rings (SSSR count). The van der Waals surface area contributed by atoms with Crippen LogP contribution < -0.4 is 5.32 Å². The number of amides is 1. The Hall–Kier alpha value is -1.75. The zero-order chi connectivity index (χ0) is 13.8. The van der Waals surface area contributed by atoms with Gasteiger partial charge in [0.2, 0.25) is 5.91 Å². The molecule has 0 fully saturated rings. The quantitative estimate of drug-likeness (QED) is 0.910. The zero-order valence-corrected chi connectivity index (χ0v) is 11.4. The summed E-state index contributed by atoms with van der Waals surface area (Å²) in [7, 11) is 0. The second kappa shape index (κ2) is 5.93. The molecule has 1 N–H and O–H groups in total. The summed E-state index contributed by atoms with van der Waals surface area (Å²) in [6.45, 7) is 0. The largest absolute Gasteiger partial charge is 0.323 e. The SMILES string of the molecule is O=C(Cc1ccc(Br)cc1)Nc1ccc(F)cc1F. The Balaban J connectivity index is 2.03. The molecule has 0 aliphatic heterocycles. The van der Waals surface area contributed by atoms with Crippen molar-refractivity contribution in [3.63, 3.8) is 0 Å². The maximum absolute atomic E-state index is 13.3. The smallest absolute Gasteiger partial charge is 0.228 e. The fourth-order valence-electron chi connectivity index (χ4n) is 1.57. The third-order valence-corrected chi connectivity index (χ3v) is 3.01. The highest BCUT2D eigenvalue weighted by molar-refractivity contribution is 9.10. The summed E-state index contributed by atoms with van der Waals surface area (Å²) >= 11 is 3.30. The highest BCUT2D eigenvalue weighted by atomic mass is 79.9. The van der Waals surface area contributed by atoms with E-state index in [0.29, 0.717) is 0 Å². The first kappa shape index (κ1) is 13.7. The predicted octanol–water partition coefficient (Wildman–Crippen LogP) is 3.91. The number of halogens is 3. The normalized spacial score (nSPS) is 10.3. The molecule has 5 heteroatoms. The standard InChI is InChI=1S/C14H10BrF2NO/c15-10-3-1-9(2-4-10)7-14(19)18-13-6-5-11(16)8-12(13)17/h1-6,8H,7H2,(H,18,19). The number of rotatable bonds is 3. The highest BCUT2D eigenvalue weighted by Crippen LogP contribution is 2.16. The Kier molecular flexibility index (Phi) is 4.27. The third-order valence-electron chi connectivity index (χ3n) is 2.48. The maximum atomic E-state index is 13.3. The zero-order valence-electron chi connectivity index (χ0n) is 9.79. The second-order valence-electron chi connectivity index (χ2n) is 3.98. The van der Waals surface area contributed by atoms with Crippen LogP contribution in [0.5, 0.6) is 0 Å². The predicted molar refractivity (Wildman–Crippen MR) is 72.8 cm³/mol. The lowest BCUT2D eigenvalue weighted by molar-refractivity contribution is -0.115. The average molecular weight is 326 g/mol. The van der Waals surface area contributed by atoms with Gasteiger partial charge in [-0.05, 0) is 29.8 Å². The van der Waals surface area contributed by atoms with E-state index in [1.165, 1.54) is 6.07 Å². The van der Waals surface area contributed by atoms with Crippen molar-refractivity contribution in [2.75, 3.05) is 5.32 Å². The first-order valence-corrected chi connectivity index (χ1v) is 6.33. The summed E-state index contributed by atoms with van der Waals surface area (Å²) in [5, 5.41) is 2.41. The van der Waals surface area contributed by atoms with Gasteiger partial charge in [0.25, 0.3) is 0 Å². The number of nitrogens with one attached hydrogen (secondary N) is 1. The molecule has 0 bridgehead atoms. The van der Waals surface area contributed by atoms with Crippen LogP contribution in [0.3, 0.4) is 0 Å². The van der Waals surface area contributed by atoms with Crippen LogP contribution in [0.15, 0.2) is 46.9 Å². The molecule has 98 valence electrons. The van der Waals surface area contributed by atoms with Crippen LogP contribution in [0.2, 0.25) is 0 Å². The minimum atomic E-state index is -0.788. The van der Waals surface area contributed by atoms with Gasteiger partial charge >= 0.3 is 0 Å². The third kappa shape index (κ3) is 3.86. The van der Waals surface area contributed by atoms with E-state index >= 15 is 0 Å². The fourth-order valence-corrected chi connectivity index (χ4v) is 1.84. The lowest BCUT2D eigenvalue weighted by Gasteiger charge is -2.06. The van der Waals surface area contributed by atoms with Crippen LogP contribution >= 0.6 is 15.9 Å². The number of carbonyl (C=O) groups excluding carboxylic acids is 1. The lowest BCUT2D eigenvalue weighted by atomic mass is 10.1. The van der Waals surface area contributed by atoms with Crippen molar-refractivity contribution >= 4 is 27.5 Å². The molecule has 0 aliphatic carbocycles. The van der Waals surface area contributed by atoms with Crippen molar-refractivity contribution in [1.82, 2.24) is 0 Å². The number of benzene rings is 2. The van der Waals surface area contributed by atoms with Gasteiger partial charge in [-0.1, -0.05) is 28.1 Å². The van der Waals surface area contributed by atoms with Gasteiger partial charge in [0.05, 0.1) is 12.1 Å². The summed E-state index contributed by atoms with van der Waals surface area (Å²) in [6.07, 6.45) is 0.129. The molecule has 0 radical (unpaired) electrons. The Labute approximate surface area is 117 Å². The van der Waals surface area contributed by atoms with E-state index in [1.807, 2.05) is 12.1 Å². The van der Waals surface area contributed by atoms with Crippen molar-refractivity contribution < 1.29 is 13.6 Å².